The van der Waals surface area contributed by atoms with Crippen molar-refractivity contribution in [3.63, 3.8) is 0 Å². The zero-order valence-corrected chi connectivity index (χ0v) is 14.3. The van der Waals surface area contributed by atoms with Gasteiger partial charge in [0, 0.05) is 38.8 Å². The largest absolute Gasteiger partial charge is 0.382 e. The van der Waals surface area contributed by atoms with Gasteiger partial charge in [0.05, 0.1) is 0 Å². The monoisotopic (exact) mass is 311 g/mol. The van der Waals surface area contributed by atoms with Gasteiger partial charge in [0.2, 0.25) is 0 Å². The first-order valence-corrected chi connectivity index (χ1v) is 8.84. The Bertz CT molecular complexity index is 379. The molecule has 0 spiro atoms. The molecule has 1 aromatic heterocycles. The van der Waals surface area contributed by atoms with Crippen molar-refractivity contribution in [3.8, 4) is 0 Å². The minimum absolute atomic E-state index is 0.463. The van der Waals surface area contributed by atoms with Crippen LogP contribution in [0.3, 0.4) is 0 Å². The molecule has 120 valence electrons. The Morgan fingerprint density at radius 3 is 2.86 bits per heavy atom. The van der Waals surface area contributed by atoms with Crippen LogP contribution in [0.1, 0.15) is 45.1 Å². The van der Waals surface area contributed by atoms with Crippen molar-refractivity contribution >= 4 is 17.3 Å². The Hall–Kier alpha value is -1.07. The Labute approximate surface area is 133 Å². The summed E-state index contributed by atoms with van der Waals surface area (Å²) in [7, 11) is 0. The van der Waals surface area contributed by atoms with E-state index < -0.39 is 0 Å². The van der Waals surface area contributed by atoms with Crippen molar-refractivity contribution < 1.29 is 4.74 Å². The number of nitrogens with zero attached hydrogens (tertiary/aromatic N) is 1. The van der Waals surface area contributed by atoms with Gasteiger partial charge in [-0.2, -0.15) is 11.3 Å². The highest BCUT2D eigenvalue weighted by molar-refractivity contribution is 7.07. The first-order chi connectivity index (χ1) is 10.3. The highest BCUT2D eigenvalue weighted by Crippen LogP contribution is 2.18. The minimum atomic E-state index is 0.463. The third kappa shape index (κ3) is 8.07. The second-order valence-corrected chi connectivity index (χ2v) is 5.79. The summed E-state index contributed by atoms with van der Waals surface area (Å²) < 4.78 is 5.34. The predicted molar refractivity (Wildman–Crippen MR) is 92.4 cm³/mol. The van der Waals surface area contributed by atoms with Crippen molar-refractivity contribution in [2.45, 2.75) is 39.5 Å². The zero-order valence-electron chi connectivity index (χ0n) is 13.5. The van der Waals surface area contributed by atoms with Crippen LogP contribution >= 0.6 is 11.3 Å². The van der Waals surface area contributed by atoms with E-state index in [2.05, 4.69) is 46.3 Å². The van der Waals surface area contributed by atoms with Crippen molar-refractivity contribution in [2.24, 2.45) is 4.99 Å². The lowest BCUT2D eigenvalue weighted by Gasteiger charge is -2.13. The molecule has 0 saturated carbocycles. The molecule has 0 aliphatic rings. The molecule has 2 N–H and O–H groups in total. The molecule has 1 rings (SSSR count). The molecule has 1 atom stereocenters. The number of nitrogens with one attached hydrogen (secondary N) is 2. The molecule has 4 nitrogen and oxygen atoms in total. The van der Waals surface area contributed by atoms with Gasteiger partial charge in [-0.3, -0.25) is 4.99 Å². The lowest BCUT2D eigenvalue weighted by Crippen LogP contribution is -2.38. The van der Waals surface area contributed by atoms with E-state index in [1.807, 2.05) is 6.92 Å². The van der Waals surface area contributed by atoms with Crippen LogP contribution in [0.15, 0.2) is 21.8 Å². The average molecular weight is 311 g/mol. The van der Waals surface area contributed by atoms with E-state index in [4.69, 9.17) is 4.74 Å². The maximum atomic E-state index is 5.34. The molecule has 0 radical (unpaired) electrons. The van der Waals surface area contributed by atoms with Gasteiger partial charge in [-0.15, -0.1) is 0 Å². The van der Waals surface area contributed by atoms with Crippen molar-refractivity contribution in [1.29, 1.82) is 0 Å². The number of hydrogen-bond donors (Lipinski definition) is 2. The molecule has 1 heterocycles. The maximum Gasteiger partial charge on any atom is 0.191 e. The summed E-state index contributed by atoms with van der Waals surface area (Å²) in [6, 6.07) is 2.18. The molecule has 21 heavy (non-hydrogen) atoms. The lowest BCUT2D eigenvalue weighted by atomic mass is 10.1. The van der Waals surface area contributed by atoms with E-state index in [1.165, 1.54) is 5.56 Å². The summed E-state index contributed by atoms with van der Waals surface area (Å²) in [5, 5.41) is 11.0. The third-order valence-electron chi connectivity index (χ3n) is 3.19. The van der Waals surface area contributed by atoms with E-state index >= 15 is 0 Å². The van der Waals surface area contributed by atoms with Crippen LogP contribution in [0.25, 0.3) is 0 Å². The topological polar surface area (TPSA) is 45.7 Å². The Morgan fingerprint density at radius 1 is 1.33 bits per heavy atom. The fraction of sp³-hybridized carbons (Fsp3) is 0.688. The highest BCUT2D eigenvalue weighted by atomic mass is 32.1. The fourth-order valence-electron chi connectivity index (χ4n) is 1.91. The number of ether oxygens (including phenoxy) is 1. The Kier molecular flexibility index (Phi) is 9.91. The summed E-state index contributed by atoms with van der Waals surface area (Å²) in [5.41, 5.74) is 1.37. The smallest absolute Gasteiger partial charge is 0.191 e. The van der Waals surface area contributed by atoms with Gasteiger partial charge in [-0.25, -0.2) is 0 Å². The molecule has 0 saturated heterocycles. The Balaban J connectivity index is 2.29. The summed E-state index contributed by atoms with van der Waals surface area (Å²) in [6.07, 6.45) is 2.19. The highest BCUT2D eigenvalue weighted by Gasteiger charge is 2.05. The van der Waals surface area contributed by atoms with E-state index in [-0.39, 0.29) is 0 Å². The average Bonchev–Trinajstić information content (AvgIpc) is 3.02. The molecule has 1 aromatic rings. The van der Waals surface area contributed by atoms with Gasteiger partial charge in [0.15, 0.2) is 5.96 Å². The number of aliphatic imine (C=N–C) groups is 1. The van der Waals surface area contributed by atoms with Crippen LogP contribution in [0, 0.1) is 0 Å². The SMILES string of the molecule is CCNC(=NCC(C)c1ccsc1)NCCCCOCC. The molecule has 0 aliphatic carbocycles. The van der Waals surface area contributed by atoms with E-state index in [1.54, 1.807) is 11.3 Å². The zero-order chi connectivity index (χ0) is 15.3. The van der Waals surface area contributed by atoms with Gasteiger partial charge in [0.1, 0.15) is 0 Å². The molecule has 1 unspecified atom stereocenters. The van der Waals surface area contributed by atoms with Gasteiger partial charge in [-0.1, -0.05) is 6.92 Å². The van der Waals surface area contributed by atoms with E-state index in [0.717, 1.165) is 51.6 Å². The van der Waals surface area contributed by atoms with Crippen LogP contribution in [0.2, 0.25) is 0 Å². The summed E-state index contributed by atoms with van der Waals surface area (Å²) in [4.78, 5) is 4.67. The molecule has 0 aliphatic heterocycles. The minimum Gasteiger partial charge on any atom is -0.382 e. The van der Waals surface area contributed by atoms with Crippen LogP contribution in [-0.2, 0) is 4.74 Å². The van der Waals surface area contributed by atoms with Crippen molar-refractivity contribution in [3.05, 3.63) is 22.4 Å². The summed E-state index contributed by atoms with van der Waals surface area (Å²) in [5.74, 6) is 1.38. The molecule has 0 aromatic carbocycles. The first kappa shape index (κ1) is 18.0. The number of unbranched alkanes of at least 4 members (excludes halogenated alkanes) is 1. The quantitative estimate of drug-likeness (QED) is 0.396. The van der Waals surface area contributed by atoms with Crippen LogP contribution in [-0.4, -0.2) is 38.8 Å². The van der Waals surface area contributed by atoms with E-state index in [9.17, 15) is 0 Å². The Morgan fingerprint density at radius 2 is 2.19 bits per heavy atom. The second-order valence-electron chi connectivity index (χ2n) is 5.01. The molecule has 5 heteroatoms. The lowest BCUT2D eigenvalue weighted by molar-refractivity contribution is 0.143. The van der Waals surface area contributed by atoms with E-state index in [0.29, 0.717) is 5.92 Å². The van der Waals surface area contributed by atoms with Gasteiger partial charge < -0.3 is 15.4 Å². The fourth-order valence-corrected chi connectivity index (χ4v) is 2.69. The number of thiophene rings is 1. The molecule has 0 amide bonds. The first-order valence-electron chi connectivity index (χ1n) is 7.89. The molecule has 0 bridgehead atoms. The van der Waals surface area contributed by atoms with Crippen LogP contribution in [0.4, 0.5) is 0 Å². The normalized spacial score (nSPS) is 13.2. The summed E-state index contributed by atoms with van der Waals surface area (Å²) in [6.45, 7) is 10.6. The number of rotatable bonds is 10. The van der Waals surface area contributed by atoms with Gasteiger partial charge >= 0.3 is 0 Å². The predicted octanol–water partition coefficient (Wildman–Crippen LogP) is 3.22. The molecular weight excluding hydrogens is 282 g/mol. The molecular formula is C16H29N3OS. The van der Waals surface area contributed by atoms with Crippen molar-refractivity contribution in [2.75, 3.05) is 32.8 Å². The van der Waals surface area contributed by atoms with Crippen molar-refractivity contribution in [1.82, 2.24) is 10.6 Å². The molecule has 0 fully saturated rings. The standard InChI is InChI=1S/C16H29N3OS/c1-4-17-16(18-9-6-7-10-20-5-2)19-12-14(3)15-8-11-21-13-15/h8,11,13-14H,4-7,9-10,12H2,1-3H3,(H2,17,18,19). The van der Waals surface area contributed by atoms with Gasteiger partial charge in [-0.05, 0) is 49.1 Å². The number of hydrogen-bond acceptors (Lipinski definition) is 3. The summed E-state index contributed by atoms with van der Waals surface area (Å²) >= 11 is 1.74. The maximum absolute atomic E-state index is 5.34. The second kappa shape index (κ2) is 11.6. The van der Waals surface area contributed by atoms with Crippen LogP contribution in [0.5, 0.6) is 0 Å². The van der Waals surface area contributed by atoms with Gasteiger partial charge in [0.25, 0.3) is 0 Å². The number of guanidine groups is 1. The third-order valence-corrected chi connectivity index (χ3v) is 3.89. The van der Waals surface area contributed by atoms with Crippen LogP contribution < -0.4 is 10.6 Å².